The standard InChI is InChI=1S/C22H21N3O3/c1-27-19-12-16-8-11-25(22(26)18-14-23-9-10-24-18)21(15-6-4-3-5-7-15)17(16)13-20(19)28-2/h3-7,9-10,12-14,21H,8,11H2,1-2H3/t21-/m1/s1. The molecule has 28 heavy (non-hydrogen) atoms. The molecule has 1 aromatic heterocycles. The minimum Gasteiger partial charge on any atom is -0.493 e. The van der Waals surface area contributed by atoms with Gasteiger partial charge in [0, 0.05) is 18.9 Å². The molecule has 1 amide bonds. The lowest BCUT2D eigenvalue weighted by Crippen LogP contribution is -2.41. The van der Waals surface area contributed by atoms with E-state index in [1.807, 2.05) is 47.4 Å². The van der Waals surface area contributed by atoms with Gasteiger partial charge in [0.15, 0.2) is 11.5 Å². The number of aromatic nitrogens is 2. The van der Waals surface area contributed by atoms with Gasteiger partial charge in [-0.1, -0.05) is 30.3 Å². The van der Waals surface area contributed by atoms with Crippen molar-refractivity contribution < 1.29 is 14.3 Å². The van der Waals surface area contributed by atoms with Crippen molar-refractivity contribution in [2.45, 2.75) is 12.5 Å². The molecule has 1 atom stereocenters. The van der Waals surface area contributed by atoms with Gasteiger partial charge in [-0.05, 0) is 35.2 Å². The highest BCUT2D eigenvalue weighted by molar-refractivity contribution is 5.92. The van der Waals surface area contributed by atoms with Crippen molar-refractivity contribution >= 4 is 5.91 Å². The van der Waals surface area contributed by atoms with Crippen LogP contribution >= 0.6 is 0 Å². The molecule has 6 heteroatoms. The molecule has 1 aliphatic heterocycles. The van der Waals surface area contributed by atoms with Gasteiger partial charge in [0.25, 0.3) is 5.91 Å². The maximum absolute atomic E-state index is 13.2. The minimum absolute atomic E-state index is 0.137. The van der Waals surface area contributed by atoms with E-state index in [4.69, 9.17) is 9.47 Å². The Balaban J connectivity index is 1.84. The first-order chi connectivity index (χ1) is 13.7. The van der Waals surface area contributed by atoms with Crippen LogP contribution in [0.2, 0.25) is 0 Å². The van der Waals surface area contributed by atoms with Crippen molar-refractivity contribution in [2.24, 2.45) is 0 Å². The van der Waals surface area contributed by atoms with Crippen LogP contribution in [0.5, 0.6) is 11.5 Å². The summed E-state index contributed by atoms with van der Waals surface area (Å²) in [5.41, 5.74) is 3.56. The number of carbonyl (C=O) groups excluding carboxylic acids is 1. The summed E-state index contributed by atoms with van der Waals surface area (Å²) in [6.07, 6.45) is 5.34. The molecule has 4 rings (SSSR count). The predicted molar refractivity (Wildman–Crippen MR) is 105 cm³/mol. The van der Waals surface area contributed by atoms with E-state index in [-0.39, 0.29) is 11.9 Å². The third kappa shape index (κ3) is 3.17. The second kappa shape index (κ2) is 7.68. The molecule has 3 aromatic rings. The van der Waals surface area contributed by atoms with Crippen LogP contribution in [0.25, 0.3) is 0 Å². The first kappa shape index (κ1) is 18.0. The maximum Gasteiger partial charge on any atom is 0.274 e. The fraction of sp³-hybridized carbons (Fsp3) is 0.227. The van der Waals surface area contributed by atoms with Crippen molar-refractivity contribution in [3.05, 3.63) is 83.4 Å². The van der Waals surface area contributed by atoms with Crippen LogP contribution in [0.15, 0.2) is 61.1 Å². The van der Waals surface area contributed by atoms with E-state index in [0.29, 0.717) is 23.7 Å². The van der Waals surface area contributed by atoms with Gasteiger partial charge < -0.3 is 14.4 Å². The summed E-state index contributed by atoms with van der Waals surface area (Å²) in [4.78, 5) is 23.3. The van der Waals surface area contributed by atoms with E-state index in [9.17, 15) is 4.79 Å². The fourth-order valence-corrected chi connectivity index (χ4v) is 3.72. The number of ether oxygens (including phenoxy) is 2. The topological polar surface area (TPSA) is 64.6 Å². The molecule has 0 radical (unpaired) electrons. The Morgan fingerprint density at radius 3 is 2.50 bits per heavy atom. The Bertz CT molecular complexity index is 977. The number of methoxy groups -OCH3 is 2. The van der Waals surface area contributed by atoms with Gasteiger partial charge in [-0.25, -0.2) is 4.98 Å². The minimum atomic E-state index is -0.237. The van der Waals surface area contributed by atoms with Gasteiger partial charge >= 0.3 is 0 Å². The van der Waals surface area contributed by atoms with Gasteiger partial charge in [0.2, 0.25) is 0 Å². The summed E-state index contributed by atoms with van der Waals surface area (Å²) in [5.74, 6) is 1.21. The Hall–Kier alpha value is -3.41. The van der Waals surface area contributed by atoms with Gasteiger partial charge in [-0.3, -0.25) is 9.78 Å². The second-order valence-corrected chi connectivity index (χ2v) is 6.56. The summed E-state index contributed by atoms with van der Waals surface area (Å²) in [6, 6.07) is 13.7. The average Bonchev–Trinajstić information content (AvgIpc) is 2.77. The van der Waals surface area contributed by atoms with Crippen molar-refractivity contribution in [1.82, 2.24) is 14.9 Å². The third-order valence-corrected chi connectivity index (χ3v) is 5.03. The molecule has 0 aliphatic carbocycles. The number of nitrogens with zero attached hydrogens (tertiary/aromatic N) is 3. The molecule has 2 aromatic carbocycles. The maximum atomic E-state index is 13.2. The summed E-state index contributed by atoms with van der Waals surface area (Å²) in [7, 11) is 3.25. The van der Waals surface area contributed by atoms with Crippen LogP contribution in [0.3, 0.4) is 0 Å². The fourth-order valence-electron chi connectivity index (χ4n) is 3.72. The Morgan fingerprint density at radius 1 is 1.07 bits per heavy atom. The highest BCUT2D eigenvalue weighted by Crippen LogP contribution is 2.41. The first-order valence-corrected chi connectivity index (χ1v) is 9.09. The predicted octanol–water partition coefficient (Wildman–Crippen LogP) is 3.28. The third-order valence-electron chi connectivity index (χ3n) is 5.03. The zero-order chi connectivity index (χ0) is 19.5. The van der Waals surface area contributed by atoms with E-state index in [1.165, 1.54) is 12.4 Å². The molecule has 0 N–H and O–H groups in total. The highest BCUT2D eigenvalue weighted by Gasteiger charge is 2.34. The van der Waals surface area contributed by atoms with Crippen LogP contribution in [-0.2, 0) is 6.42 Å². The lowest BCUT2D eigenvalue weighted by molar-refractivity contribution is 0.0687. The van der Waals surface area contributed by atoms with Gasteiger partial charge in [-0.2, -0.15) is 0 Å². The van der Waals surface area contributed by atoms with E-state index >= 15 is 0 Å². The molecular weight excluding hydrogens is 354 g/mol. The number of hydrogen-bond donors (Lipinski definition) is 0. The Morgan fingerprint density at radius 2 is 1.82 bits per heavy atom. The molecule has 2 heterocycles. The van der Waals surface area contributed by atoms with Crippen LogP contribution < -0.4 is 9.47 Å². The van der Waals surface area contributed by atoms with E-state index in [1.54, 1.807) is 20.4 Å². The molecule has 0 saturated heterocycles. The molecule has 0 bridgehead atoms. The van der Waals surface area contributed by atoms with E-state index in [0.717, 1.165) is 23.1 Å². The van der Waals surface area contributed by atoms with Gasteiger partial charge in [0.05, 0.1) is 26.5 Å². The lowest BCUT2D eigenvalue weighted by atomic mass is 9.87. The van der Waals surface area contributed by atoms with Gasteiger partial charge in [-0.15, -0.1) is 0 Å². The smallest absolute Gasteiger partial charge is 0.274 e. The van der Waals surface area contributed by atoms with E-state index in [2.05, 4.69) is 9.97 Å². The second-order valence-electron chi connectivity index (χ2n) is 6.56. The average molecular weight is 375 g/mol. The number of amides is 1. The van der Waals surface area contributed by atoms with Crippen LogP contribution in [0.1, 0.15) is 33.2 Å². The van der Waals surface area contributed by atoms with E-state index < -0.39 is 0 Å². The number of rotatable bonds is 4. The van der Waals surface area contributed by atoms with Crippen LogP contribution in [0.4, 0.5) is 0 Å². The molecule has 6 nitrogen and oxygen atoms in total. The molecule has 142 valence electrons. The van der Waals surface area contributed by atoms with Crippen molar-refractivity contribution in [3.63, 3.8) is 0 Å². The summed E-state index contributed by atoms with van der Waals surface area (Å²) in [6.45, 7) is 0.581. The lowest BCUT2D eigenvalue weighted by Gasteiger charge is -2.38. The molecule has 0 fully saturated rings. The largest absolute Gasteiger partial charge is 0.493 e. The van der Waals surface area contributed by atoms with Crippen molar-refractivity contribution in [1.29, 1.82) is 0 Å². The zero-order valence-electron chi connectivity index (χ0n) is 15.8. The number of carbonyl (C=O) groups is 1. The van der Waals surface area contributed by atoms with Crippen molar-refractivity contribution in [2.75, 3.05) is 20.8 Å². The summed E-state index contributed by atoms with van der Waals surface area (Å²) in [5, 5.41) is 0. The summed E-state index contributed by atoms with van der Waals surface area (Å²) < 4.78 is 11.0. The molecule has 0 saturated carbocycles. The highest BCUT2D eigenvalue weighted by atomic mass is 16.5. The quantitative estimate of drug-likeness (QED) is 0.700. The van der Waals surface area contributed by atoms with Gasteiger partial charge in [0.1, 0.15) is 5.69 Å². The Labute approximate surface area is 163 Å². The SMILES string of the molecule is COc1cc2c(cc1OC)[C@@H](c1ccccc1)N(C(=O)c1cnccn1)CC2. The van der Waals surface area contributed by atoms with Crippen LogP contribution in [-0.4, -0.2) is 41.5 Å². The molecule has 0 unspecified atom stereocenters. The van der Waals surface area contributed by atoms with Crippen LogP contribution in [0, 0.1) is 0 Å². The molecule has 0 spiro atoms. The Kier molecular flexibility index (Phi) is 4.93. The molecular formula is C22H21N3O3. The zero-order valence-corrected chi connectivity index (χ0v) is 15.8. The number of benzene rings is 2. The van der Waals surface area contributed by atoms with Crippen molar-refractivity contribution in [3.8, 4) is 11.5 Å². The summed E-state index contributed by atoms with van der Waals surface area (Å²) >= 11 is 0. The monoisotopic (exact) mass is 375 g/mol. The first-order valence-electron chi connectivity index (χ1n) is 9.09. The normalized spacial score (nSPS) is 15.6. The number of hydrogen-bond acceptors (Lipinski definition) is 5. The number of fused-ring (bicyclic) bond motifs is 1. The molecule has 1 aliphatic rings.